The molecule has 6 rings (SSSR count). The Morgan fingerprint density at radius 1 is 0.844 bits per heavy atom. The van der Waals surface area contributed by atoms with E-state index in [1.807, 2.05) is 78.6 Å². The fourth-order valence-corrected chi connectivity index (χ4v) is 5.10. The molecule has 32 heavy (non-hydrogen) atoms. The topological polar surface area (TPSA) is 82.0 Å². The van der Waals surface area contributed by atoms with E-state index in [2.05, 4.69) is 16.0 Å². The molecule has 0 bridgehead atoms. The van der Waals surface area contributed by atoms with Gasteiger partial charge < -0.3 is 14.9 Å². The van der Waals surface area contributed by atoms with E-state index in [1.54, 1.807) is 0 Å². The molecule has 0 spiro atoms. The summed E-state index contributed by atoms with van der Waals surface area (Å²) in [6.07, 6.45) is 8.86. The Bertz CT molecular complexity index is 1500. The Hall–Kier alpha value is -3.90. The maximum Gasteiger partial charge on any atom is 0.259 e. The van der Waals surface area contributed by atoms with E-state index < -0.39 is 0 Å². The number of hydrogen-bond donors (Lipinski definition) is 2. The van der Waals surface area contributed by atoms with Crippen molar-refractivity contribution in [1.29, 1.82) is 0 Å². The number of imide groups is 1. The van der Waals surface area contributed by atoms with Gasteiger partial charge in [0.1, 0.15) is 0 Å². The predicted molar refractivity (Wildman–Crippen MR) is 126 cm³/mol. The van der Waals surface area contributed by atoms with Crippen LogP contribution in [0.4, 0.5) is 0 Å². The molecule has 3 heterocycles. The van der Waals surface area contributed by atoms with Gasteiger partial charge in [-0.3, -0.25) is 14.9 Å². The Morgan fingerprint density at radius 3 is 2.09 bits per heavy atom. The quantitative estimate of drug-likeness (QED) is 0.391. The standard InChI is InChI=1S/C26H22N4O2/c1-29-13-19(17-6-2-4-8-21(17)29)23-24(26(32)28-25(23)31)20-14-30(16-11-10-15(27)12-16)22-9-5-3-7-18(20)22/h2-11,13-16H,12,27H2,1H3,(H,28,31,32)/t15-,16+/m1/s1. The van der Waals surface area contributed by atoms with Crippen LogP contribution in [-0.2, 0) is 16.6 Å². The first-order valence-electron chi connectivity index (χ1n) is 10.7. The van der Waals surface area contributed by atoms with E-state index in [0.717, 1.165) is 39.4 Å². The second-order valence-corrected chi connectivity index (χ2v) is 8.52. The van der Waals surface area contributed by atoms with Crippen molar-refractivity contribution in [2.45, 2.75) is 18.5 Å². The third-order valence-electron chi connectivity index (χ3n) is 6.56. The maximum atomic E-state index is 13.1. The average Bonchev–Trinajstić information content (AvgIpc) is 3.53. The first-order chi connectivity index (χ1) is 15.5. The highest BCUT2D eigenvalue weighted by molar-refractivity contribution is 6.50. The van der Waals surface area contributed by atoms with Crippen LogP contribution in [-0.4, -0.2) is 27.0 Å². The van der Waals surface area contributed by atoms with Crippen molar-refractivity contribution in [3.05, 3.63) is 84.2 Å². The highest BCUT2D eigenvalue weighted by Gasteiger charge is 2.35. The summed E-state index contributed by atoms with van der Waals surface area (Å²) in [6, 6.07) is 16.0. The monoisotopic (exact) mass is 422 g/mol. The molecule has 2 aliphatic rings. The van der Waals surface area contributed by atoms with Gasteiger partial charge in [0.05, 0.1) is 17.2 Å². The average molecular weight is 422 g/mol. The summed E-state index contributed by atoms with van der Waals surface area (Å²) in [5.74, 6) is -0.722. The molecular formula is C26H22N4O2. The smallest absolute Gasteiger partial charge is 0.259 e. The zero-order valence-corrected chi connectivity index (χ0v) is 17.6. The first-order valence-corrected chi connectivity index (χ1v) is 10.7. The zero-order chi connectivity index (χ0) is 22.0. The van der Waals surface area contributed by atoms with E-state index in [9.17, 15) is 9.59 Å². The van der Waals surface area contributed by atoms with Crippen molar-refractivity contribution in [2.75, 3.05) is 0 Å². The van der Waals surface area contributed by atoms with E-state index in [-0.39, 0.29) is 23.9 Å². The molecule has 6 nitrogen and oxygen atoms in total. The van der Waals surface area contributed by atoms with Crippen LogP contribution in [0, 0.1) is 0 Å². The number of carbonyl (C=O) groups is 2. The van der Waals surface area contributed by atoms with Gasteiger partial charge in [-0.25, -0.2) is 0 Å². The molecule has 2 aromatic carbocycles. The predicted octanol–water partition coefficient (Wildman–Crippen LogP) is 3.53. The van der Waals surface area contributed by atoms with Gasteiger partial charge in [-0.1, -0.05) is 48.6 Å². The van der Waals surface area contributed by atoms with Crippen LogP contribution >= 0.6 is 0 Å². The Morgan fingerprint density at radius 2 is 1.44 bits per heavy atom. The van der Waals surface area contributed by atoms with Crippen LogP contribution in [0.5, 0.6) is 0 Å². The van der Waals surface area contributed by atoms with Crippen LogP contribution < -0.4 is 11.1 Å². The minimum Gasteiger partial charge on any atom is -0.350 e. The highest BCUT2D eigenvalue weighted by atomic mass is 16.2. The molecule has 0 fully saturated rings. The number of nitrogens with zero attached hydrogens (tertiary/aromatic N) is 2. The minimum absolute atomic E-state index is 0.0198. The molecule has 0 saturated carbocycles. The summed E-state index contributed by atoms with van der Waals surface area (Å²) in [5.41, 5.74) is 10.5. The molecule has 3 N–H and O–H groups in total. The molecule has 0 radical (unpaired) electrons. The highest BCUT2D eigenvalue weighted by Crippen LogP contribution is 2.40. The number of allylic oxidation sites excluding steroid dienone is 1. The lowest BCUT2D eigenvalue weighted by atomic mass is 9.95. The normalized spacial score (nSPS) is 20.8. The number of rotatable bonds is 3. The number of nitrogens with one attached hydrogen (secondary N) is 1. The molecule has 1 aliphatic carbocycles. The van der Waals surface area contributed by atoms with E-state index in [0.29, 0.717) is 11.1 Å². The largest absolute Gasteiger partial charge is 0.350 e. The molecular weight excluding hydrogens is 400 g/mol. The number of benzene rings is 2. The van der Waals surface area contributed by atoms with Gasteiger partial charge in [0.25, 0.3) is 11.8 Å². The molecule has 2 atom stereocenters. The molecule has 0 unspecified atom stereocenters. The summed E-state index contributed by atoms with van der Waals surface area (Å²) in [4.78, 5) is 26.1. The molecule has 2 aromatic heterocycles. The fraction of sp³-hybridized carbons (Fsp3) is 0.154. The number of aromatic nitrogens is 2. The molecule has 158 valence electrons. The summed E-state index contributed by atoms with van der Waals surface area (Å²) >= 11 is 0. The lowest BCUT2D eigenvalue weighted by molar-refractivity contribution is -0.122. The van der Waals surface area contributed by atoms with Crippen molar-refractivity contribution in [2.24, 2.45) is 12.8 Å². The van der Waals surface area contributed by atoms with Gasteiger partial charge in [-0.2, -0.15) is 0 Å². The van der Waals surface area contributed by atoms with Gasteiger partial charge in [-0.15, -0.1) is 0 Å². The van der Waals surface area contributed by atoms with Crippen molar-refractivity contribution in [3.8, 4) is 0 Å². The van der Waals surface area contributed by atoms with Crippen molar-refractivity contribution in [1.82, 2.24) is 14.5 Å². The lowest BCUT2D eigenvalue weighted by Crippen LogP contribution is -2.22. The van der Waals surface area contributed by atoms with Crippen molar-refractivity contribution >= 4 is 44.8 Å². The van der Waals surface area contributed by atoms with Gasteiger partial charge in [0, 0.05) is 58.4 Å². The summed E-state index contributed by atoms with van der Waals surface area (Å²) in [5, 5.41) is 4.42. The molecule has 2 amide bonds. The van der Waals surface area contributed by atoms with E-state index in [1.165, 1.54) is 0 Å². The lowest BCUT2D eigenvalue weighted by Gasteiger charge is -2.13. The minimum atomic E-state index is -0.362. The van der Waals surface area contributed by atoms with Crippen LogP contribution in [0.2, 0.25) is 0 Å². The molecule has 0 saturated heterocycles. The second kappa shape index (κ2) is 6.80. The summed E-state index contributed by atoms with van der Waals surface area (Å²) < 4.78 is 4.15. The number of fused-ring (bicyclic) bond motifs is 2. The van der Waals surface area contributed by atoms with Crippen LogP contribution in [0.15, 0.2) is 73.1 Å². The first kappa shape index (κ1) is 18.8. The number of carbonyl (C=O) groups excluding carboxylic acids is 2. The van der Waals surface area contributed by atoms with Gasteiger partial charge in [-0.05, 0) is 18.6 Å². The van der Waals surface area contributed by atoms with Crippen molar-refractivity contribution in [3.63, 3.8) is 0 Å². The molecule has 1 aliphatic heterocycles. The van der Waals surface area contributed by atoms with E-state index >= 15 is 0 Å². The fourth-order valence-electron chi connectivity index (χ4n) is 5.10. The SMILES string of the molecule is Cn1cc(C2=C(c3cn([C@H]4C=C[C@@H](N)C4)c4ccccc34)C(=O)NC2=O)c2ccccc21. The second-order valence-electron chi connectivity index (χ2n) is 8.52. The number of hydrogen-bond acceptors (Lipinski definition) is 3. The van der Waals surface area contributed by atoms with Gasteiger partial charge >= 0.3 is 0 Å². The maximum absolute atomic E-state index is 13.1. The molecule has 4 aromatic rings. The number of nitrogens with two attached hydrogens (primary N) is 1. The summed E-state index contributed by atoms with van der Waals surface area (Å²) in [7, 11) is 1.95. The Kier molecular flexibility index (Phi) is 4.00. The third-order valence-corrected chi connectivity index (χ3v) is 6.56. The molecule has 6 heteroatoms. The Labute approximate surface area is 184 Å². The van der Waals surface area contributed by atoms with E-state index in [4.69, 9.17) is 5.73 Å². The van der Waals surface area contributed by atoms with Gasteiger partial charge in [0.2, 0.25) is 0 Å². The van der Waals surface area contributed by atoms with Gasteiger partial charge in [0.15, 0.2) is 0 Å². The van der Waals surface area contributed by atoms with Crippen LogP contribution in [0.1, 0.15) is 23.6 Å². The number of para-hydroxylation sites is 2. The number of aryl methyl sites for hydroxylation is 1. The van der Waals surface area contributed by atoms with Crippen LogP contribution in [0.3, 0.4) is 0 Å². The number of amides is 2. The zero-order valence-electron chi connectivity index (χ0n) is 17.6. The van der Waals surface area contributed by atoms with Crippen molar-refractivity contribution < 1.29 is 9.59 Å². The third kappa shape index (κ3) is 2.63. The Balaban J connectivity index is 1.64. The summed E-state index contributed by atoms with van der Waals surface area (Å²) in [6.45, 7) is 0. The van der Waals surface area contributed by atoms with Crippen LogP contribution in [0.25, 0.3) is 33.0 Å².